The van der Waals surface area contributed by atoms with Crippen LogP contribution in [0.25, 0.3) is 0 Å². The van der Waals surface area contributed by atoms with Gasteiger partial charge in [0.15, 0.2) is 0 Å². The van der Waals surface area contributed by atoms with Gasteiger partial charge in [0.05, 0.1) is 0 Å². The molecule has 0 saturated carbocycles. The van der Waals surface area contributed by atoms with Gasteiger partial charge in [-0.2, -0.15) is 0 Å². The van der Waals surface area contributed by atoms with Crippen LogP contribution in [0.1, 0.15) is 30.6 Å². The van der Waals surface area contributed by atoms with Crippen molar-refractivity contribution < 1.29 is 14.7 Å². The first kappa shape index (κ1) is 14.9. The van der Waals surface area contributed by atoms with Gasteiger partial charge in [-0.25, -0.2) is 0 Å². The average molecular weight is 266 g/mol. The minimum atomic E-state index is -1.10. The van der Waals surface area contributed by atoms with E-state index in [-0.39, 0.29) is 11.6 Å². The molecule has 104 valence electrons. The van der Waals surface area contributed by atoms with Crippen LogP contribution in [0.4, 0.5) is 0 Å². The number of nitrogens with zero attached hydrogens (tertiary/aromatic N) is 2. The number of hydrogen-bond acceptors (Lipinski definition) is 3. The number of carbonyl (C=O) groups is 2. The minimum absolute atomic E-state index is 0.00782. The molecule has 0 aliphatic heterocycles. The second-order valence-corrected chi connectivity index (χ2v) is 4.42. The minimum Gasteiger partial charge on any atom is -0.480 e. The Labute approximate surface area is 111 Å². The predicted octanol–water partition coefficient (Wildman–Crippen LogP) is 0.711. The molecule has 0 aliphatic carbocycles. The molecule has 1 aromatic rings. The van der Waals surface area contributed by atoms with E-state index >= 15 is 0 Å². The number of aryl methyl sites for hydroxylation is 1. The highest BCUT2D eigenvalue weighted by atomic mass is 16.4. The first-order valence-corrected chi connectivity index (χ1v) is 6.06. The standard InChI is InChI=1S/C13H18N2O4/c1-4-9(2)15(8-11(16)17)13(19)10-6-5-7-14(3)12(10)18/h5-7,9H,4,8H2,1-3H3,(H,16,17). The van der Waals surface area contributed by atoms with Crippen LogP contribution < -0.4 is 5.56 Å². The number of aromatic nitrogens is 1. The SMILES string of the molecule is CCC(C)N(CC(=O)O)C(=O)c1cccn(C)c1=O. The van der Waals surface area contributed by atoms with Crippen LogP contribution >= 0.6 is 0 Å². The molecule has 6 nitrogen and oxygen atoms in total. The van der Waals surface area contributed by atoms with Crippen molar-refractivity contribution >= 4 is 11.9 Å². The van der Waals surface area contributed by atoms with Crippen molar-refractivity contribution in [2.45, 2.75) is 26.3 Å². The van der Waals surface area contributed by atoms with Crippen LogP contribution in [0.3, 0.4) is 0 Å². The maximum Gasteiger partial charge on any atom is 0.323 e. The van der Waals surface area contributed by atoms with E-state index in [0.717, 1.165) is 0 Å². The monoisotopic (exact) mass is 266 g/mol. The highest BCUT2D eigenvalue weighted by molar-refractivity contribution is 5.95. The maximum absolute atomic E-state index is 12.3. The highest BCUT2D eigenvalue weighted by Gasteiger charge is 2.24. The molecule has 0 fully saturated rings. The highest BCUT2D eigenvalue weighted by Crippen LogP contribution is 2.08. The summed E-state index contributed by atoms with van der Waals surface area (Å²) in [6.07, 6.45) is 2.16. The molecule has 0 spiro atoms. The lowest BCUT2D eigenvalue weighted by Crippen LogP contribution is -2.44. The molecule has 0 aliphatic rings. The summed E-state index contributed by atoms with van der Waals surface area (Å²) >= 11 is 0. The van der Waals surface area contributed by atoms with Crippen molar-refractivity contribution in [2.75, 3.05) is 6.54 Å². The van der Waals surface area contributed by atoms with Gasteiger partial charge in [0.1, 0.15) is 12.1 Å². The van der Waals surface area contributed by atoms with Gasteiger partial charge < -0.3 is 14.6 Å². The van der Waals surface area contributed by atoms with Gasteiger partial charge in [-0.1, -0.05) is 6.92 Å². The van der Waals surface area contributed by atoms with Crippen molar-refractivity contribution in [3.05, 3.63) is 34.2 Å². The molecule has 1 rings (SSSR count). The first-order chi connectivity index (χ1) is 8.88. The van der Waals surface area contributed by atoms with Crippen molar-refractivity contribution in [1.82, 2.24) is 9.47 Å². The molecule has 6 heteroatoms. The van der Waals surface area contributed by atoms with Crippen LogP contribution in [0, 0.1) is 0 Å². The molecule has 0 aromatic carbocycles. The number of carboxylic acid groups (broad SMARTS) is 1. The zero-order chi connectivity index (χ0) is 14.6. The van der Waals surface area contributed by atoms with Crippen molar-refractivity contribution in [2.24, 2.45) is 7.05 Å². The Bertz CT molecular complexity index is 536. The van der Waals surface area contributed by atoms with Gasteiger partial charge >= 0.3 is 5.97 Å². The fourth-order valence-electron chi connectivity index (χ4n) is 1.71. The number of rotatable bonds is 5. The number of aliphatic carboxylic acids is 1. The van der Waals surface area contributed by atoms with Crippen molar-refractivity contribution in [3.8, 4) is 0 Å². The summed E-state index contributed by atoms with van der Waals surface area (Å²) in [5.74, 6) is -1.64. The van der Waals surface area contributed by atoms with E-state index in [1.807, 2.05) is 6.92 Å². The summed E-state index contributed by atoms with van der Waals surface area (Å²) in [7, 11) is 1.55. The van der Waals surface area contributed by atoms with Gasteiger partial charge in [0.2, 0.25) is 0 Å². The van der Waals surface area contributed by atoms with Crippen LogP contribution in [0.15, 0.2) is 23.1 Å². The molecule has 0 bridgehead atoms. The lowest BCUT2D eigenvalue weighted by molar-refractivity contribution is -0.138. The second-order valence-electron chi connectivity index (χ2n) is 4.42. The fourth-order valence-corrected chi connectivity index (χ4v) is 1.71. The van der Waals surface area contributed by atoms with E-state index in [4.69, 9.17) is 5.11 Å². The molecule has 1 amide bonds. The lowest BCUT2D eigenvalue weighted by atomic mass is 10.1. The molecule has 1 heterocycles. The summed E-state index contributed by atoms with van der Waals surface area (Å²) in [5.41, 5.74) is -0.433. The summed E-state index contributed by atoms with van der Waals surface area (Å²) in [6.45, 7) is 3.20. The Kier molecular flexibility index (Phi) is 4.86. The molecule has 1 aromatic heterocycles. The summed E-state index contributed by atoms with van der Waals surface area (Å²) in [5, 5.41) is 8.87. The zero-order valence-electron chi connectivity index (χ0n) is 11.3. The molecule has 1 N–H and O–H groups in total. The topological polar surface area (TPSA) is 79.6 Å². The van der Waals surface area contributed by atoms with Crippen LogP contribution in [-0.4, -0.2) is 39.0 Å². The van der Waals surface area contributed by atoms with Crippen molar-refractivity contribution in [1.29, 1.82) is 0 Å². The Hall–Kier alpha value is -2.11. The average Bonchev–Trinajstić information content (AvgIpc) is 2.37. The summed E-state index contributed by atoms with van der Waals surface area (Å²) in [6, 6.07) is 2.76. The molecule has 1 unspecified atom stereocenters. The lowest BCUT2D eigenvalue weighted by Gasteiger charge is -2.26. The Balaban J connectivity index is 3.15. The van der Waals surface area contributed by atoms with E-state index in [2.05, 4.69) is 0 Å². The number of carbonyl (C=O) groups excluding carboxylic acids is 1. The van der Waals surface area contributed by atoms with E-state index < -0.39 is 24.0 Å². The molecule has 0 saturated heterocycles. The molecular formula is C13H18N2O4. The van der Waals surface area contributed by atoms with Gasteiger partial charge in [0, 0.05) is 19.3 Å². The van der Waals surface area contributed by atoms with E-state index in [1.165, 1.54) is 15.5 Å². The number of hydrogen-bond donors (Lipinski definition) is 1. The molecule has 19 heavy (non-hydrogen) atoms. The van der Waals surface area contributed by atoms with Gasteiger partial charge in [-0.15, -0.1) is 0 Å². The third-order valence-electron chi connectivity index (χ3n) is 3.04. The second kappa shape index (κ2) is 6.17. The zero-order valence-corrected chi connectivity index (χ0v) is 11.3. The van der Waals surface area contributed by atoms with Gasteiger partial charge in [-0.05, 0) is 25.5 Å². The maximum atomic E-state index is 12.3. The Morgan fingerprint density at radius 3 is 2.63 bits per heavy atom. The van der Waals surface area contributed by atoms with Crippen LogP contribution in [0.5, 0.6) is 0 Å². The summed E-state index contributed by atoms with van der Waals surface area (Å²) in [4.78, 5) is 36.2. The molecular weight excluding hydrogens is 248 g/mol. The van der Waals surface area contributed by atoms with Gasteiger partial charge in [-0.3, -0.25) is 14.4 Å². The smallest absolute Gasteiger partial charge is 0.323 e. The van der Waals surface area contributed by atoms with Gasteiger partial charge in [0.25, 0.3) is 11.5 Å². The Morgan fingerprint density at radius 2 is 2.11 bits per heavy atom. The largest absolute Gasteiger partial charge is 0.480 e. The number of carboxylic acids is 1. The van der Waals surface area contributed by atoms with Crippen molar-refractivity contribution in [3.63, 3.8) is 0 Å². The molecule has 0 radical (unpaired) electrons. The normalized spacial score (nSPS) is 11.9. The fraction of sp³-hybridized carbons (Fsp3) is 0.462. The van der Waals surface area contributed by atoms with E-state index in [1.54, 1.807) is 26.2 Å². The Morgan fingerprint density at radius 1 is 1.47 bits per heavy atom. The third-order valence-corrected chi connectivity index (χ3v) is 3.04. The van der Waals surface area contributed by atoms with E-state index in [9.17, 15) is 14.4 Å². The number of pyridine rings is 1. The number of amides is 1. The van der Waals surface area contributed by atoms with E-state index in [0.29, 0.717) is 6.42 Å². The van der Waals surface area contributed by atoms with Crippen LogP contribution in [-0.2, 0) is 11.8 Å². The summed E-state index contributed by atoms with van der Waals surface area (Å²) < 4.78 is 1.29. The molecule has 1 atom stereocenters. The predicted molar refractivity (Wildman–Crippen MR) is 70.1 cm³/mol. The quantitative estimate of drug-likeness (QED) is 0.851. The first-order valence-electron chi connectivity index (χ1n) is 6.06. The van der Waals surface area contributed by atoms with Crippen LogP contribution in [0.2, 0.25) is 0 Å². The third kappa shape index (κ3) is 3.43.